The molecule has 2 aliphatic carbocycles. The molecule has 236 valence electrons. The van der Waals surface area contributed by atoms with E-state index >= 15 is 0 Å². The number of ketones is 3. The Morgan fingerprint density at radius 3 is 2.48 bits per heavy atom. The van der Waals surface area contributed by atoms with Gasteiger partial charge in [-0.05, 0) is 26.8 Å². The maximum Gasteiger partial charge on any atom is 0.319 e. The number of aliphatic hydroxyl groups is 2. The predicted molar refractivity (Wildman–Crippen MR) is 151 cm³/mol. The number of aliphatic hydroxyl groups excluding tert-OH is 1. The summed E-state index contributed by atoms with van der Waals surface area (Å²) < 4.78 is 22.3. The third-order valence-corrected chi connectivity index (χ3v) is 8.57. The Kier molecular flexibility index (Phi) is 8.53. The van der Waals surface area contributed by atoms with E-state index < -0.39 is 88.6 Å². The standard InChI is InChI=1S/C31H35NO12/c1-5-42-20(34)12-32-17-9-21(43-13(2)26(17)35)44-19-11-31(40,14(3)33)10-16-23(19)30(39)25-24(28(16)37)27(36)15-7-6-8-18(41-4)22(15)29(25)38/h6-8,13,17,19,21,26,32,35,37,39-40H,5,9-12H2,1-4H3. The van der Waals surface area contributed by atoms with Crippen LogP contribution in [0.2, 0.25) is 0 Å². The molecule has 6 unspecified atom stereocenters. The molecule has 13 nitrogen and oxygen atoms in total. The molecule has 44 heavy (non-hydrogen) atoms. The SMILES string of the molecule is CCOC(=O)CNC1CC(OC2CC(O)(C(C)=O)Cc3c(O)c4c(c(O)c32)C(=O)c2c(OC)cccc2C4=O)OC(C)C1O. The van der Waals surface area contributed by atoms with Crippen molar-refractivity contribution in [1.29, 1.82) is 0 Å². The molecule has 5 N–H and O–H groups in total. The van der Waals surface area contributed by atoms with Gasteiger partial charge in [-0.2, -0.15) is 0 Å². The largest absolute Gasteiger partial charge is 0.507 e. The van der Waals surface area contributed by atoms with Crippen molar-refractivity contribution in [3.63, 3.8) is 0 Å². The van der Waals surface area contributed by atoms with Gasteiger partial charge in [0.15, 0.2) is 17.9 Å². The average Bonchev–Trinajstić information content (AvgIpc) is 2.98. The number of esters is 1. The third kappa shape index (κ3) is 5.24. The Labute approximate surface area is 252 Å². The topological polar surface area (TPSA) is 198 Å². The number of phenolic OH excluding ortho intramolecular Hbond substituents is 2. The maximum absolute atomic E-state index is 13.8. The number of nitrogens with one attached hydrogen (secondary N) is 1. The highest BCUT2D eigenvalue weighted by molar-refractivity contribution is 6.31. The molecule has 1 aliphatic heterocycles. The van der Waals surface area contributed by atoms with E-state index in [1.54, 1.807) is 13.8 Å². The highest BCUT2D eigenvalue weighted by Gasteiger charge is 2.49. The number of benzene rings is 2. The second kappa shape index (κ2) is 11.9. The van der Waals surface area contributed by atoms with Crippen LogP contribution in [0.3, 0.4) is 0 Å². The van der Waals surface area contributed by atoms with Gasteiger partial charge in [0.25, 0.3) is 0 Å². The van der Waals surface area contributed by atoms with Crippen LogP contribution in [0.5, 0.6) is 17.2 Å². The Morgan fingerprint density at radius 2 is 1.82 bits per heavy atom. The van der Waals surface area contributed by atoms with Gasteiger partial charge in [-0.15, -0.1) is 0 Å². The molecule has 1 heterocycles. The number of ether oxygens (including phenoxy) is 4. The summed E-state index contributed by atoms with van der Waals surface area (Å²) >= 11 is 0. The van der Waals surface area contributed by atoms with Crippen LogP contribution in [-0.4, -0.2) is 94.1 Å². The summed E-state index contributed by atoms with van der Waals surface area (Å²) in [5.41, 5.74) is -3.27. The molecule has 2 aromatic carbocycles. The van der Waals surface area contributed by atoms with E-state index in [1.807, 2.05) is 0 Å². The minimum absolute atomic E-state index is 0.00885. The summed E-state index contributed by atoms with van der Waals surface area (Å²) in [5, 5.41) is 48.0. The molecule has 0 saturated carbocycles. The molecule has 13 heteroatoms. The summed E-state index contributed by atoms with van der Waals surface area (Å²) in [6, 6.07) is 3.72. The van der Waals surface area contributed by atoms with Crippen molar-refractivity contribution < 1.29 is 58.6 Å². The molecule has 0 bridgehead atoms. The first-order valence-electron chi connectivity index (χ1n) is 14.3. The number of hydrogen-bond acceptors (Lipinski definition) is 13. The van der Waals surface area contributed by atoms with Crippen LogP contribution in [-0.2, 0) is 30.2 Å². The first kappa shape index (κ1) is 31.5. The Morgan fingerprint density at radius 1 is 1.11 bits per heavy atom. The van der Waals surface area contributed by atoms with Crippen LogP contribution in [0.1, 0.15) is 82.7 Å². The van der Waals surface area contributed by atoms with Gasteiger partial charge in [-0.3, -0.25) is 19.2 Å². The van der Waals surface area contributed by atoms with Crippen LogP contribution in [0.4, 0.5) is 0 Å². The number of aromatic hydroxyl groups is 2. The number of carbonyl (C=O) groups is 4. The smallest absolute Gasteiger partial charge is 0.319 e. The highest BCUT2D eigenvalue weighted by atomic mass is 16.7. The molecule has 0 amide bonds. The van der Waals surface area contributed by atoms with E-state index in [9.17, 15) is 39.6 Å². The van der Waals surface area contributed by atoms with Gasteiger partial charge in [-0.1, -0.05) is 12.1 Å². The second-order valence-corrected chi connectivity index (χ2v) is 11.3. The lowest BCUT2D eigenvalue weighted by molar-refractivity contribution is -0.249. The van der Waals surface area contributed by atoms with E-state index in [4.69, 9.17) is 18.9 Å². The van der Waals surface area contributed by atoms with Crippen molar-refractivity contribution in [2.24, 2.45) is 0 Å². The van der Waals surface area contributed by atoms with Gasteiger partial charge < -0.3 is 44.7 Å². The Hall–Kier alpha value is -3.88. The number of fused-ring (bicyclic) bond motifs is 3. The molecule has 0 aromatic heterocycles. The lowest BCUT2D eigenvalue weighted by Gasteiger charge is -2.42. The van der Waals surface area contributed by atoms with Gasteiger partial charge in [0, 0.05) is 42.0 Å². The van der Waals surface area contributed by atoms with Gasteiger partial charge in [0.1, 0.15) is 22.8 Å². The minimum atomic E-state index is -2.06. The fourth-order valence-electron chi connectivity index (χ4n) is 6.25. The van der Waals surface area contributed by atoms with E-state index in [1.165, 1.54) is 32.2 Å². The summed E-state index contributed by atoms with van der Waals surface area (Å²) in [5.74, 6) is -3.87. The lowest BCUT2D eigenvalue weighted by atomic mass is 9.72. The zero-order valence-corrected chi connectivity index (χ0v) is 24.7. The van der Waals surface area contributed by atoms with Crippen LogP contribution < -0.4 is 10.1 Å². The van der Waals surface area contributed by atoms with Crippen molar-refractivity contribution in [2.45, 2.75) is 76.3 Å². The molecule has 3 aliphatic rings. The van der Waals surface area contributed by atoms with Gasteiger partial charge in [0.05, 0.1) is 55.3 Å². The third-order valence-electron chi connectivity index (χ3n) is 8.57. The van der Waals surface area contributed by atoms with E-state index in [-0.39, 0.29) is 54.0 Å². The van der Waals surface area contributed by atoms with Crippen LogP contribution in [0.25, 0.3) is 0 Å². The highest BCUT2D eigenvalue weighted by Crippen LogP contribution is 2.52. The molecule has 0 spiro atoms. The van der Waals surface area contributed by atoms with Gasteiger partial charge >= 0.3 is 5.97 Å². The van der Waals surface area contributed by atoms with Crippen LogP contribution >= 0.6 is 0 Å². The summed E-state index contributed by atoms with van der Waals surface area (Å²) in [6.45, 7) is 4.42. The number of phenols is 2. The van der Waals surface area contributed by atoms with Crippen molar-refractivity contribution in [3.05, 3.63) is 51.6 Å². The lowest BCUT2D eigenvalue weighted by Crippen LogP contribution is -2.55. The van der Waals surface area contributed by atoms with Gasteiger partial charge in [-0.25, -0.2) is 0 Å². The maximum atomic E-state index is 13.8. The first-order chi connectivity index (χ1) is 20.8. The fourth-order valence-corrected chi connectivity index (χ4v) is 6.25. The molecule has 1 saturated heterocycles. The fraction of sp³-hybridized carbons (Fsp3) is 0.484. The van der Waals surface area contributed by atoms with E-state index in [0.717, 1.165) is 0 Å². The molecule has 6 atom stereocenters. The minimum Gasteiger partial charge on any atom is -0.507 e. The number of hydrogen-bond donors (Lipinski definition) is 5. The van der Waals surface area contributed by atoms with Crippen molar-refractivity contribution in [3.8, 4) is 17.2 Å². The second-order valence-electron chi connectivity index (χ2n) is 11.3. The zero-order chi connectivity index (χ0) is 32.1. The molecule has 0 radical (unpaired) electrons. The average molecular weight is 614 g/mol. The summed E-state index contributed by atoms with van der Waals surface area (Å²) in [7, 11) is 1.33. The first-order valence-corrected chi connectivity index (χ1v) is 14.3. The van der Waals surface area contributed by atoms with Crippen LogP contribution in [0, 0.1) is 0 Å². The molecule has 2 aromatic rings. The summed E-state index contributed by atoms with van der Waals surface area (Å²) in [4.78, 5) is 51.9. The molecular weight excluding hydrogens is 578 g/mol. The Bertz CT molecular complexity index is 1540. The van der Waals surface area contributed by atoms with E-state index in [2.05, 4.69) is 5.32 Å². The van der Waals surface area contributed by atoms with Crippen molar-refractivity contribution in [2.75, 3.05) is 20.3 Å². The van der Waals surface area contributed by atoms with E-state index in [0.29, 0.717) is 0 Å². The van der Waals surface area contributed by atoms with Crippen LogP contribution in [0.15, 0.2) is 18.2 Å². The number of Topliss-reactive ketones (excluding diaryl/α,β-unsaturated/α-hetero) is 1. The number of rotatable bonds is 8. The van der Waals surface area contributed by atoms with Crippen molar-refractivity contribution >= 4 is 23.3 Å². The van der Waals surface area contributed by atoms with Gasteiger partial charge in [0.2, 0.25) is 5.78 Å². The predicted octanol–water partition coefficient (Wildman–Crippen LogP) is 1.22. The van der Waals surface area contributed by atoms with Crippen molar-refractivity contribution in [1.82, 2.24) is 5.32 Å². The zero-order valence-electron chi connectivity index (χ0n) is 24.7. The molecule has 1 fully saturated rings. The Balaban J connectivity index is 1.56. The quantitative estimate of drug-likeness (QED) is 0.180. The molecular formula is C31H35NO12. The normalized spacial score (nSPS) is 27.6. The number of carbonyl (C=O) groups excluding carboxylic acids is 4. The number of methoxy groups -OCH3 is 1. The molecule has 5 rings (SSSR count). The monoisotopic (exact) mass is 613 g/mol. The summed E-state index contributed by atoms with van der Waals surface area (Å²) in [6.07, 6.45) is -5.02.